The average molecular weight is 266 g/mol. The second kappa shape index (κ2) is 7.27. The topological polar surface area (TPSA) is 15.3 Å². The van der Waals surface area contributed by atoms with Crippen molar-refractivity contribution in [2.24, 2.45) is 5.92 Å². The molecule has 1 aliphatic carbocycles. The minimum Gasteiger partial charge on any atom is -0.315 e. The Morgan fingerprint density at radius 3 is 2.83 bits per heavy atom. The summed E-state index contributed by atoms with van der Waals surface area (Å²) in [7, 11) is 0. The Labute approximate surface area is 115 Å². The molecule has 0 aliphatic heterocycles. The van der Waals surface area contributed by atoms with Crippen LogP contribution in [0, 0.1) is 5.92 Å². The molecule has 3 heteroatoms. The summed E-state index contributed by atoms with van der Waals surface area (Å²) < 4.78 is 0. The third-order valence-corrected chi connectivity index (χ3v) is 4.56. The van der Waals surface area contributed by atoms with Crippen LogP contribution in [0.15, 0.2) is 17.5 Å². The maximum absolute atomic E-state index is 3.57. The van der Waals surface area contributed by atoms with Crippen LogP contribution in [0.25, 0.3) is 0 Å². The van der Waals surface area contributed by atoms with E-state index in [0.29, 0.717) is 6.04 Å². The molecule has 1 aromatic heterocycles. The van der Waals surface area contributed by atoms with E-state index >= 15 is 0 Å². The smallest absolute Gasteiger partial charge is 0.0110 e. The fourth-order valence-corrected chi connectivity index (χ4v) is 2.92. The first-order valence-electron chi connectivity index (χ1n) is 7.23. The zero-order chi connectivity index (χ0) is 12.8. The van der Waals surface area contributed by atoms with Crippen LogP contribution < -0.4 is 5.32 Å². The Hall–Kier alpha value is -0.380. The van der Waals surface area contributed by atoms with E-state index < -0.39 is 0 Å². The molecule has 0 spiro atoms. The lowest BCUT2D eigenvalue weighted by Crippen LogP contribution is -2.38. The lowest BCUT2D eigenvalue weighted by molar-refractivity contribution is 0.213. The Bertz CT molecular complexity index is 317. The second-order valence-corrected chi connectivity index (χ2v) is 6.64. The van der Waals surface area contributed by atoms with E-state index in [2.05, 4.69) is 41.6 Å². The molecule has 1 aliphatic rings. The molecule has 18 heavy (non-hydrogen) atoms. The van der Waals surface area contributed by atoms with Gasteiger partial charge in [0.2, 0.25) is 0 Å². The van der Waals surface area contributed by atoms with Gasteiger partial charge in [0.25, 0.3) is 0 Å². The molecule has 0 amide bonds. The number of nitrogens with zero attached hydrogens (tertiary/aromatic N) is 1. The number of hydrogen-bond acceptors (Lipinski definition) is 3. The molecule has 1 aromatic rings. The molecule has 0 aromatic carbocycles. The summed E-state index contributed by atoms with van der Waals surface area (Å²) in [5, 5.41) is 5.73. The molecule has 1 saturated carbocycles. The van der Waals surface area contributed by atoms with Gasteiger partial charge < -0.3 is 5.32 Å². The SMILES string of the molecule is CC(C)N(CCNCCc1cccs1)CC1CC1. The summed E-state index contributed by atoms with van der Waals surface area (Å²) in [6.07, 6.45) is 4.08. The van der Waals surface area contributed by atoms with Gasteiger partial charge in [-0.2, -0.15) is 0 Å². The van der Waals surface area contributed by atoms with Gasteiger partial charge in [0.15, 0.2) is 0 Å². The van der Waals surface area contributed by atoms with Gasteiger partial charge in [-0.25, -0.2) is 0 Å². The lowest BCUT2D eigenvalue weighted by Gasteiger charge is -2.26. The number of rotatable bonds is 9. The first-order valence-corrected chi connectivity index (χ1v) is 8.11. The molecule has 0 bridgehead atoms. The van der Waals surface area contributed by atoms with Crippen molar-refractivity contribution in [1.29, 1.82) is 0 Å². The van der Waals surface area contributed by atoms with E-state index in [1.54, 1.807) is 0 Å². The molecule has 1 fully saturated rings. The van der Waals surface area contributed by atoms with E-state index in [9.17, 15) is 0 Å². The van der Waals surface area contributed by atoms with Crippen LogP contribution in [0.1, 0.15) is 31.6 Å². The first kappa shape index (κ1) is 14.0. The van der Waals surface area contributed by atoms with E-state index in [0.717, 1.165) is 19.0 Å². The van der Waals surface area contributed by atoms with Crippen LogP contribution in [0.5, 0.6) is 0 Å². The maximum Gasteiger partial charge on any atom is 0.0110 e. The van der Waals surface area contributed by atoms with Crippen LogP contribution >= 0.6 is 11.3 Å². The van der Waals surface area contributed by atoms with Gasteiger partial charge in [-0.15, -0.1) is 11.3 Å². The summed E-state index contributed by atoms with van der Waals surface area (Å²) in [6.45, 7) is 9.36. The van der Waals surface area contributed by atoms with Crippen molar-refractivity contribution in [3.05, 3.63) is 22.4 Å². The van der Waals surface area contributed by atoms with Crippen LogP contribution in [0.4, 0.5) is 0 Å². The Morgan fingerprint density at radius 1 is 1.39 bits per heavy atom. The summed E-state index contributed by atoms with van der Waals surface area (Å²) in [6, 6.07) is 5.04. The summed E-state index contributed by atoms with van der Waals surface area (Å²) in [5.41, 5.74) is 0. The summed E-state index contributed by atoms with van der Waals surface area (Å²) in [5.74, 6) is 0.999. The highest BCUT2D eigenvalue weighted by Crippen LogP contribution is 2.30. The third kappa shape index (κ3) is 5.09. The van der Waals surface area contributed by atoms with E-state index in [1.807, 2.05) is 11.3 Å². The standard InChI is InChI=1S/C15H26N2S/c1-13(2)17(12-14-5-6-14)10-9-16-8-7-15-4-3-11-18-15/h3-4,11,13-14,16H,5-10,12H2,1-2H3. The molecule has 0 atom stereocenters. The van der Waals surface area contributed by atoms with Crippen molar-refractivity contribution in [3.8, 4) is 0 Å². The minimum absolute atomic E-state index is 0.685. The fourth-order valence-electron chi connectivity index (χ4n) is 2.21. The summed E-state index contributed by atoms with van der Waals surface area (Å²) in [4.78, 5) is 4.11. The zero-order valence-electron chi connectivity index (χ0n) is 11.7. The first-order chi connectivity index (χ1) is 8.75. The van der Waals surface area contributed by atoms with Gasteiger partial charge in [-0.05, 0) is 50.5 Å². The quantitative estimate of drug-likeness (QED) is 0.691. The second-order valence-electron chi connectivity index (χ2n) is 5.61. The molecule has 2 rings (SSSR count). The predicted molar refractivity (Wildman–Crippen MR) is 80.3 cm³/mol. The third-order valence-electron chi connectivity index (χ3n) is 3.62. The van der Waals surface area contributed by atoms with Gasteiger partial charge >= 0.3 is 0 Å². The van der Waals surface area contributed by atoms with Gasteiger partial charge in [0, 0.05) is 37.1 Å². The van der Waals surface area contributed by atoms with Crippen molar-refractivity contribution in [3.63, 3.8) is 0 Å². The predicted octanol–water partition coefficient (Wildman–Crippen LogP) is 3.00. The van der Waals surface area contributed by atoms with Gasteiger partial charge in [-0.1, -0.05) is 6.07 Å². The van der Waals surface area contributed by atoms with Crippen LogP contribution in [-0.4, -0.2) is 37.1 Å². The highest BCUT2D eigenvalue weighted by molar-refractivity contribution is 7.09. The number of nitrogens with one attached hydrogen (secondary N) is 1. The van der Waals surface area contributed by atoms with Crippen molar-refractivity contribution in [2.45, 2.75) is 39.2 Å². The molecular weight excluding hydrogens is 240 g/mol. The van der Waals surface area contributed by atoms with Crippen LogP contribution in [-0.2, 0) is 6.42 Å². The normalized spacial score (nSPS) is 15.8. The van der Waals surface area contributed by atoms with Crippen LogP contribution in [0.3, 0.4) is 0 Å². The largest absolute Gasteiger partial charge is 0.315 e. The van der Waals surface area contributed by atoms with Crippen molar-refractivity contribution in [1.82, 2.24) is 10.2 Å². The molecule has 0 radical (unpaired) electrons. The van der Waals surface area contributed by atoms with Gasteiger partial charge in [0.1, 0.15) is 0 Å². The van der Waals surface area contributed by atoms with Gasteiger partial charge in [-0.3, -0.25) is 4.90 Å². The molecule has 102 valence electrons. The minimum atomic E-state index is 0.685. The molecular formula is C15H26N2S. The van der Waals surface area contributed by atoms with Crippen LogP contribution in [0.2, 0.25) is 0 Å². The number of thiophene rings is 1. The average Bonchev–Trinajstić information content (AvgIpc) is 3.01. The molecule has 1 heterocycles. The maximum atomic E-state index is 3.57. The van der Waals surface area contributed by atoms with Gasteiger partial charge in [0.05, 0.1) is 0 Å². The molecule has 0 unspecified atom stereocenters. The Kier molecular flexibility index (Phi) is 5.67. The molecule has 2 nitrogen and oxygen atoms in total. The number of hydrogen-bond donors (Lipinski definition) is 1. The molecule has 1 N–H and O–H groups in total. The van der Waals surface area contributed by atoms with Crippen molar-refractivity contribution >= 4 is 11.3 Å². The monoisotopic (exact) mass is 266 g/mol. The highest BCUT2D eigenvalue weighted by atomic mass is 32.1. The van der Waals surface area contributed by atoms with E-state index in [1.165, 1.54) is 37.2 Å². The zero-order valence-corrected chi connectivity index (χ0v) is 12.5. The highest BCUT2D eigenvalue weighted by Gasteiger charge is 2.24. The Morgan fingerprint density at radius 2 is 2.22 bits per heavy atom. The molecule has 0 saturated heterocycles. The van der Waals surface area contributed by atoms with E-state index in [4.69, 9.17) is 0 Å². The summed E-state index contributed by atoms with van der Waals surface area (Å²) >= 11 is 1.86. The van der Waals surface area contributed by atoms with E-state index in [-0.39, 0.29) is 0 Å². The van der Waals surface area contributed by atoms with Crippen molar-refractivity contribution < 1.29 is 0 Å². The Balaban J connectivity index is 1.55. The lowest BCUT2D eigenvalue weighted by atomic mass is 10.2. The van der Waals surface area contributed by atoms with Crippen molar-refractivity contribution in [2.75, 3.05) is 26.2 Å². The fraction of sp³-hybridized carbons (Fsp3) is 0.733.